The van der Waals surface area contributed by atoms with E-state index in [0.717, 1.165) is 31.0 Å². The summed E-state index contributed by atoms with van der Waals surface area (Å²) in [5, 5.41) is 2.43. The lowest BCUT2D eigenvalue weighted by Crippen LogP contribution is -2.44. The van der Waals surface area contributed by atoms with E-state index in [4.69, 9.17) is 9.47 Å². The first kappa shape index (κ1) is 25.6. The predicted octanol–water partition coefficient (Wildman–Crippen LogP) is 6.54. The van der Waals surface area contributed by atoms with Crippen molar-refractivity contribution in [2.75, 3.05) is 33.9 Å². The first-order chi connectivity index (χ1) is 18.1. The van der Waals surface area contributed by atoms with Crippen LogP contribution in [0.15, 0.2) is 60.7 Å². The van der Waals surface area contributed by atoms with E-state index >= 15 is 0 Å². The summed E-state index contributed by atoms with van der Waals surface area (Å²) in [5.74, 6) is 2.07. The van der Waals surface area contributed by atoms with Crippen molar-refractivity contribution >= 4 is 16.7 Å². The molecule has 1 unspecified atom stereocenters. The minimum absolute atomic E-state index is 0.0404. The van der Waals surface area contributed by atoms with Crippen molar-refractivity contribution in [3.05, 3.63) is 71.8 Å². The quantitative estimate of drug-likeness (QED) is 0.334. The van der Waals surface area contributed by atoms with Gasteiger partial charge in [-0.15, -0.1) is 0 Å². The van der Waals surface area contributed by atoms with E-state index in [1.54, 1.807) is 14.2 Å². The van der Waals surface area contributed by atoms with Crippen molar-refractivity contribution in [2.45, 2.75) is 57.5 Å². The Labute approximate surface area is 221 Å². The molecule has 2 aliphatic rings. The largest absolute Gasteiger partial charge is 0.493 e. The van der Waals surface area contributed by atoms with Gasteiger partial charge < -0.3 is 14.4 Å². The Morgan fingerprint density at radius 2 is 1.65 bits per heavy atom. The Morgan fingerprint density at radius 3 is 2.43 bits per heavy atom. The van der Waals surface area contributed by atoms with Gasteiger partial charge in [-0.2, -0.15) is 0 Å². The SMILES string of the molecule is COc1ccc(C(=O)N(Cc2ccc3ccccc3c2)CC2CCCN2CC2CCCCC2)cc1OC. The summed E-state index contributed by atoms with van der Waals surface area (Å²) in [6, 6.07) is 20.8. The van der Waals surface area contributed by atoms with E-state index in [1.807, 2.05) is 18.2 Å². The molecule has 0 spiro atoms. The number of amides is 1. The lowest BCUT2D eigenvalue weighted by molar-refractivity contribution is 0.0676. The first-order valence-corrected chi connectivity index (χ1v) is 13.9. The maximum absolute atomic E-state index is 14.0. The van der Waals surface area contributed by atoms with Gasteiger partial charge in [-0.3, -0.25) is 9.69 Å². The lowest BCUT2D eigenvalue weighted by atomic mass is 9.89. The number of benzene rings is 3. The molecular weight excluding hydrogens is 460 g/mol. The number of hydrogen-bond acceptors (Lipinski definition) is 4. The Kier molecular flexibility index (Phi) is 8.30. The van der Waals surface area contributed by atoms with Crippen molar-refractivity contribution in [3.63, 3.8) is 0 Å². The molecule has 0 N–H and O–H groups in total. The average molecular weight is 501 g/mol. The number of carbonyl (C=O) groups is 1. The monoisotopic (exact) mass is 500 g/mol. The molecule has 2 fully saturated rings. The summed E-state index contributed by atoms with van der Waals surface area (Å²) >= 11 is 0. The summed E-state index contributed by atoms with van der Waals surface area (Å²) in [6.07, 6.45) is 9.21. The predicted molar refractivity (Wildman–Crippen MR) is 149 cm³/mol. The zero-order valence-corrected chi connectivity index (χ0v) is 22.3. The van der Waals surface area contributed by atoms with Crippen LogP contribution in [0.2, 0.25) is 0 Å². The molecule has 0 bridgehead atoms. The van der Waals surface area contributed by atoms with Crippen LogP contribution in [-0.4, -0.2) is 55.6 Å². The van der Waals surface area contributed by atoms with Crippen LogP contribution >= 0.6 is 0 Å². The van der Waals surface area contributed by atoms with Crippen molar-refractivity contribution in [1.82, 2.24) is 9.80 Å². The molecular formula is C32H40N2O3. The molecule has 1 aliphatic carbocycles. The number of rotatable bonds is 9. The van der Waals surface area contributed by atoms with E-state index in [-0.39, 0.29) is 5.91 Å². The molecule has 37 heavy (non-hydrogen) atoms. The van der Waals surface area contributed by atoms with Crippen LogP contribution in [-0.2, 0) is 6.54 Å². The smallest absolute Gasteiger partial charge is 0.254 e. The topological polar surface area (TPSA) is 42.0 Å². The zero-order valence-electron chi connectivity index (χ0n) is 22.3. The van der Waals surface area contributed by atoms with Gasteiger partial charge in [0.25, 0.3) is 5.91 Å². The lowest BCUT2D eigenvalue weighted by Gasteiger charge is -2.34. The molecule has 5 heteroatoms. The number of carbonyl (C=O) groups excluding carboxylic acids is 1. The van der Waals surface area contributed by atoms with Crippen LogP contribution in [0.5, 0.6) is 11.5 Å². The van der Waals surface area contributed by atoms with E-state index in [9.17, 15) is 4.79 Å². The fourth-order valence-corrected chi connectivity index (χ4v) is 6.23. The Hall–Kier alpha value is -3.05. The molecule has 0 aromatic heterocycles. The molecule has 1 saturated heterocycles. The highest BCUT2D eigenvalue weighted by molar-refractivity contribution is 5.95. The molecule has 0 radical (unpaired) electrons. The van der Waals surface area contributed by atoms with Crippen LogP contribution in [0.4, 0.5) is 0 Å². The Bertz CT molecular complexity index is 1200. The number of fused-ring (bicyclic) bond motifs is 1. The van der Waals surface area contributed by atoms with Crippen molar-refractivity contribution in [1.29, 1.82) is 0 Å². The van der Waals surface area contributed by atoms with Gasteiger partial charge >= 0.3 is 0 Å². The van der Waals surface area contributed by atoms with Gasteiger partial charge in [0.05, 0.1) is 14.2 Å². The van der Waals surface area contributed by atoms with Gasteiger partial charge in [0, 0.05) is 31.2 Å². The molecule has 3 aromatic carbocycles. The second kappa shape index (κ2) is 12.0. The van der Waals surface area contributed by atoms with Crippen LogP contribution in [0.25, 0.3) is 10.8 Å². The molecule has 3 aromatic rings. The standard InChI is InChI=1S/C32H40N2O3/c1-36-30-17-16-28(20-31(30)37-2)32(35)34(22-25-14-15-26-11-6-7-12-27(26)19-25)23-29-13-8-18-33(29)21-24-9-4-3-5-10-24/h6-7,11-12,14-17,19-20,24,29H,3-5,8-10,13,18,21-23H2,1-2H3. The van der Waals surface area contributed by atoms with Crippen molar-refractivity contribution in [2.24, 2.45) is 5.92 Å². The second-order valence-corrected chi connectivity index (χ2v) is 10.7. The van der Waals surface area contributed by atoms with Gasteiger partial charge in [0.1, 0.15) is 0 Å². The van der Waals surface area contributed by atoms with E-state index in [0.29, 0.717) is 29.6 Å². The second-order valence-electron chi connectivity index (χ2n) is 10.7. The van der Waals surface area contributed by atoms with Gasteiger partial charge in [0.2, 0.25) is 0 Å². The highest BCUT2D eigenvalue weighted by Gasteiger charge is 2.31. The minimum atomic E-state index is 0.0404. The van der Waals surface area contributed by atoms with Crippen LogP contribution < -0.4 is 9.47 Å². The van der Waals surface area contributed by atoms with Crippen LogP contribution in [0.1, 0.15) is 60.9 Å². The number of ether oxygens (including phenoxy) is 2. The van der Waals surface area contributed by atoms with Gasteiger partial charge in [0.15, 0.2) is 11.5 Å². The fraction of sp³-hybridized carbons (Fsp3) is 0.469. The number of nitrogens with zero attached hydrogens (tertiary/aromatic N) is 2. The molecule has 5 nitrogen and oxygen atoms in total. The normalized spacial score (nSPS) is 18.7. The summed E-state index contributed by atoms with van der Waals surface area (Å²) in [7, 11) is 3.23. The third-order valence-electron chi connectivity index (χ3n) is 8.25. The minimum Gasteiger partial charge on any atom is -0.493 e. The third-order valence-corrected chi connectivity index (χ3v) is 8.25. The Balaban J connectivity index is 1.39. The summed E-state index contributed by atoms with van der Waals surface area (Å²) in [6.45, 7) is 3.66. The zero-order chi connectivity index (χ0) is 25.6. The molecule has 1 atom stereocenters. The van der Waals surface area contributed by atoms with Crippen LogP contribution in [0.3, 0.4) is 0 Å². The van der Waals surface area contributed by atoms with E-state index in [2.05, 4.69) is 52.3 Å². The number of methoxy groups -OCH3 is 2. The fourth-order valence-electron chi connectivity index (χ4n) is 6.23. The van der Waals surface area contributed by atoms with E-state index < -0.39 is 0 Å². The molecule has 5 rings (SSSR count). The number of likely N-dealkylation sites (tertiary alicyclic amines) is 1. The third kappa shape index (κ3) is 6.10. The summed E-state index contributed by atoms with van der Waals surface area (Å²) < 4.78 is 10.9. The van der Waals surface area contributed by atoms with Crippen molar-refractivity contribution in [3.8, 4) is 11.5 Å². The van der Waals surface area contributed by atoms with Gasteiger partial charge in [-0.05, 0) is 78.7 Å². The van der Waals surface area contributed by atoms with Crippen molar-refractivity contribution < 1.29 is 14.3 Å². The molecule has 196 valence electrons. The van der Waals surface area contributed by atoms with E-state index in [1.165, 1.54) is 55.8 Å². The average Bonchev–Trinajstić information content (AvgIpc) is 3.38. The highest BCUT2D eigenvalue weighted by Crippen LogP contribution is 2.30. The van der Waals surface area contributed by atoms with Gasteiger partial charge in [-0.25, -0.2) is 0 Å². The maximum atomic E-state index is 14.0. The molecule has 1 aliphatic heterocycles. The summed E-state index contributed by atoms with van der Waals surface area (Å²) in [5.41, 5.74) is 1.79. The molecule has 1 heterocycles. The highest BCUT2D eigenvalue weighted by atomic mass is 16.5. The van der Waals surface area contributed by atoms with Gasteiger partial charge in [-0.1, -0.05) is 55.7 Å². The Morgan fingerprint density at radius 1 is 0.865 bits per heavy atom. The maximum Gasteiger partial charge on any atom is 0.254 e. The molecule has 1 saturated carbocycles. The summed E-state index contributed by atoms with van der Waals surface area (Å²) in [4.78, 5) is 18.7. The molecule has 1 amide bonds. The first-order valence-electron chi connectivity index (χ1n) is 13.9. The van der Waals surface area contributed by atoms with Crippen LogP contribution in [0, 0.1) is 5.92 Å². The number of hydrogen-bond donors (Lipinski definition) is 0.